The lowest BCUT2D eigenvalue weighted by Gasteiger charge is -2.06. The second kappa shape index (κ2) is 5.66. The molecule has 1 aromatic carbocycles. The predicted molar refractivity (Wildman–Crippen MR) is 77.9 cm³/mol. The molecule has 0 saturated carbocycles. The van der Waals surface area contributed by atoms with Gasteiger partial charge in [0.2, 0.25) is 0 Å². The van der Waals surface area contributed by atoms with E-state index in [1.54, 1.807) is 30.7 Å². The van der Waals surface area contributed by atoms with Crippen LogP contribution in [-0.4, -0.2) is 13.0 Å². The first-order valence-electron chi connectivity index (χ1n) is 4.99. The number of rotatable bonds is 3. The second-order valence-electron chi connectivity index (χ2n) is 3.41. The number of halogens is 2. The van der Waals surface area contributed by atoms with Gasteiger partial charge in [0.05, 0.1) is 21.2 Å². The summed E-state index contributed by atoms with van der Waals surface area (Å²) in [6.07, 6.45) is 0. The third kappa shape index (κ3) is 2.81. The van der Waals surface area contributed by atoms with Crippen molar-refractivity contribution in [2.75, 3.05) is 12.4 Å². The number of nitrogens with one attached hydrogen (secondary N) is 1. The van der Waals surface area contributed by atoms with Crippen LogP contribution in [0.25, 0.3) is 0 Å². The van der Waals surface area contributed by atoms with E-state index in [4.69, 9.17) is 4.74 Å². The summed E-state index contributed by atoms with van der Waals surface area (Å²) in [6.45, 7) is 0. The van der Waals surface area contributed by atoms with Crippen molar-refractivity contribution in [3.63, 3.8) is 0 Å². The van der Waals surface area contributed by atoms with Crippen molar-refractivity contribution in [1.82, 2.24) is 0 Å². The molecule has 0 aliphatic heterocycles. The molecule has 6 heteroatoms. The van der Waals surface area contributed by atoms with Gasteiger partial charge in [0.1, 0.15) is 11.6 Å². The van der Waals surface area contributed by atoms with Crippen LogP contribution >= 0.6 is 33.9 Å². The summed E-state index contributed by atoms with van der Waals surface area (Å²) in [7, 11) is 1.54. The van der Waals surface area contributed by atoms with Crippen LogP contribution in [0, 0.1) is 9.39 Å². The highest BCUT2D eigenvalue weighted by Crippen LogP contribution is 2.25. The van der Waals surface area contributed by atoms with E-state index < -0.39 is 0 Å². The standard InChI is InChI=1S/C12H9FINO2S/c1-17-7-5-10(18-6-7)12(16)15-9-4-2-3-8(13)11(9)14/h2-6H,1H3,(H,15,16). The number of thiophene rings is 1. The minimum atomic E-state index is -0.350. The van der Waals surface area contributed by atoms with Crippen LogP contribution in [0.5, 0.6) is 5.75 Å². The summed E-state index contributed by atoms with van der Waals surface area (Å²) in [5, 5.41) is 4.41. The summed E-state index contributed by atoms with van der Waals surface area (Å²) in [6, 6.07) is 6.22. The zero-order chi connectivity index (χ0) is 13.1. The molecule has 0 bridgehead atoms. The van der Waals surface area contributed by atoms with Crippen molar-refractivity contribution >= 4 is 45.5 Å². The van der Waals surface area contributed by atoms with Gasteiger partial charge in [-0.05, 0) is 34.7 Å². The Balaban J connectivity index is 2.18. The lowest BCUT2D eigenvalue weighted by atomic mass is 10.3. The van der Waals surface area contributed by atoms with Gasteiger partial charge in [0, 0.05) is 11.4 Å². The zero-order valence-electron chi connectivity index (χ0n) is 9.37. The van der Waals surface area contributed by atoms with Crippen LogP contribution in [0.1, 0.15) is 9.67 Å². The fraction of sp³-hybridized carbons (Fsp3) is 0.0833. The van der Waals surface area contributed by atoms with Crippen molar-refractivity contribution in [2.45, 2.75) is 0 Å². The van der Waals surface area contributed by atoms with E-state index in [9.17, 15) is 9.18 Å². The van der Waals surface area contributed by atoms with Crippen molar-refractivity contribution in [3.8, 4) is 5.75 Å². The number of hydrogen-bond acceptors (Lipinski definition) is 3. The highest BCUT2D eigenvalue weighted by molar-refractivity contribution is 14.1. The first kappa shape index (κ1) is 13.3. The molecule has 0 aliphatic carbocycles. The molecule has 94 valence electrons. The molecule has 0 spiro atoms. The third-order valence-corrected chi connectivity index (χ3v) is 4.24. The zero-order valence-corrected chi connectivity index (χ0v) is 12.3. The number of methoxy groups -OCH3 is 1. The first-order chi connectivity index (χ1) is 8.61. The highest BCUT2D eigenvalue weighted by atomic mass is 127. The number of hydrogen-bond donors (Lipinski definition) is 1. The molecule has 0 saturated heterocycles. The van der Waals surface area contributed by atoms with E-state index in [2.05, 4.69) is 5.32 Å². The minimum absolute atomic E-state index is 0.271. The van der Waals surface area contributed by atoms with E-state index in [0.29, 0.717) is 19.9 Å². The number of anilines is 1. The maximum absolute atomic E-state index is 13.3. The van der Waals surface area contributed by atoms with E-state index in [-0.39, 0.29) is 11.7 Å². The summed E-state index contributed by atoms with van der Waals surface area (Å²) in [5.41, 5.74) is 0.466. The van der Waals surface area contributed by atoms with Crippen LogP contribution in [0.3, 0.4) is 0 Å². The Morgan fingerprint density at radius 3 is 2.94 bits per heavy atom. The van der Waals surface area contributed by atoms with Crippen LogP contribution < -0.4 is 10.1 Å². The van der Waals surface area contributed by atoms with Gasteiger partial charge >= 0.3 is 0 Å². The largest absolute Gasteiger partial charge is 0.496 e. The van der Waals surface area contributed by atoms with Crippen LogP contribution in [-0.2, 0) is 0 Å². The van der Waals surface area contributed by atoms with Crippen molar-refractivity contribution in [2.24, 2.45) is 0 Å². The fourth-order valence-electron chi connectivity index (χ4n) is 1.33. The Labute approximate surface area is 121 Å². The molecule has 3 nitrogen and oxygen atoms in total. The molecule has 1 amide bonds. The SMILES string of the molecule is COc1csc(C(=O)Nc2cccc(F)c2I)c1. The molecule has 0 radical (unpaired) electrons. The Bertz CT molecular complexity index is 585. The number of carbonyl (C=O) groups excluding carboxylic acids is 1. The summed E-state index contributed by atoms with van der Waals surface area (Å²) in [5.74, 6) is 0.0167. The van der Waals surface area contributed by atoms with E-state index in [1.165, 1.54) is 17.4 Å². The molecule has 0 atom stereocenters. The van der Waals surface area contributed by atoms with Gasteiger partial charge in [0.15, 0.2) is 0 Å². The smallest absolute Gasteiger partial charge is 0.265 e. The van der Waals surface area contributed by atoms with Crippen LogP contribution in [0.15, 0.2) is 29.6 Å². The molecular formula is C12H9FINO2S. The summed E-state index contributed by atoms with van der Waals surface area (Å²) < 4.78 is 18.7. The molecule has 2 aromatic rings. The maximum Gasteiger partial charge on any atom is 0.265 e. The van der Waals surface area contributed by atoms with Crippen molar-refractivity contribution in [1.29, 1.82) is 0 Å². The average Bonchev–Trinajstić information content (AvgIpc) is 2.83. The van der Waals surface area contributed by atoms with Gasteiger partial charge in [-0.1, -0.05) is 6.07 Å². The second-order valence-corrected chi connectivity index (χ2v) is 5.40. The molecule has 0 unspecified atom stereocenters. The molecule has 0 aliphatic rings. The maximum atomic E-state index is 13.3. The molecular weight excluding hydrogens is 368 g/mol. The number of carbonyl (C=O) groups is 1. The Hall–Kier alpha value is -1.15. The van der Waals surface area contributed by atoms with Gasteiger partial charge in [0.25, 0.3) is 5.91 Å². The van der Waals surface area contributed by atoms with Crippen LogP contribution in [0.4, 0.5) is 10.1 Å². The Morgan fingerprint density at radius 2 is 2.28 bits per heavy atom. The highest BCUT2D eigenvalue weighted by Gasteiger charge is 2.12. The first-order valence-corrected chi connectivity index (χ1v) is 6.95. The van der Waals surface area contributed by atoms with Gasteiger partial charge in [-0.15, -0.1) is 11.3 Å². The minimum Gasteiger partial charge on any atom is -0.496 e. The van der Waals surface area contributed by atoms with Gasteiger partial charge in [-0.3, -0.25) is 4.79 Å². The molecule has 1 N–H and O–H groups in total. The van der Waals surface area contributed by atoms with E-state index >= 15 is 0 Å². The Morgan fingerprint density at radius 1 is 1.50 bits per heavy atom. The normalized spacial score (nSPS) is 10.2. The van der Waals surface area contributed by atoms with E-state index in [1.807, 2.05) is 22.6 Å². The number of ether oxygens (including phenoxy) is 1. The topological polar surface area (TPSA) is 38.3 Å². The van der Waals surface area contributed by atoms with Crippen molar-refractivity contribution in [3.05, 3.63) is 43.9 Å². The third-order valence-electron chi connectivity index (χ3n) is 2.23. The van der Waals surface area contributed by atoms with Crippen LogP contribution in [0.2, 0.25) is 0 Å². The molecule has 1 heterocycles. The van der Waals surface area contributed by atoms with Gasteiger partial charge < -0.3 is 10.1 Å². The average molecular weight is 377 g/mol. The van der Waals surface area contributed by atoms with Gasteiger partial charge in [-0.25, -0.2) is 4.39 Å². The fourth-order valence-corrected chi connectivity index (χ4v) is 2.57. The van der Waals surface area contributed by atoms with E-state index in [0.717, 1.165) is 0 Å². The molecule has 0 fully saturated rings. The molecule has 18 heavy (non-hydrogen) atoms. The number of benzene rings is 1. The summed E-state index contributed by atoms with van der Waals surface area (Å²) in [4.78, 5) is 12.4. The molecule has 1 aromatic heterocycles. The number of amides is 1. The lowest BCUT2D eigenvalue weighted by molar-refractivity contribution is 0.103. The quantitative estimate of drug-likeness (QED) is 0.828. The van der Waals surface area contributed by atoms with Crippen molar-refractivity contribution < 1.29 is 13.9 Å². The lowest BCUT2D eigenvalue weighted by Crippen LogP contribution is -2.11. The summed E-state index contributed by atoms with van der Waals surface area (Å²) >= 11 is 3.14. The monoisotopic (exact) mass is 377 g/mol. The Kier molecular flexibility index (Phi) is 4.18. The van der Waals surface area contributed by atoms with Gasteiger partial charge in [-0.2, -0.15) is 0 Å². The molecule has 2 rings (SSSR count). The predicted octanol–water partition coefficient (Wildman–Crippen LogP) is 3.75.